The number of benzene rings is 3. The number of hydrogen-bond acceptors (Lipinski definition) is 8. The molecule has 4 heterocycles. The molecule has 0 bridgehead atoms. The van der Waals surface area contributed by atoms with Crippen LogP contribution in [0.15, 0.2) is 60.8 Å². The van der Waals surface area contributed by atoms with Crippen molar-refractivity contribution in [2.75, 3.05) is 27.3 Å². The van der Waals surface area contributed by atoms with E-state index in [-0.39, 0.29) is 35.7 Å². The summed E-state index contributed by atoms with van der Waals surface area (Å²) in [7, 11) is 2.62. The van der Waals surface area contributed by atoms with Crippen molar-refractivity contribution in [3.05, 3.63) is 83.6 Å². The predicted molar refractivity (Wildman–Crippen MR) is 249 cm³/mol. The van der Waals surface area contributed by atoms with Crippen LogP contribution in [0.4, 0.5) is 9.59 Å². The molecule has 0 radical (unpaired) electrons. The van der Waals surface area contributed by atoms with Crippen molar-refractivity contribution < 1.29 is 28.7 Å². The number of aromatic nitrogens is 4. The van der Waals surface area contributed by atoms with Gasteiger partial charge >= 0.3 is 12.2 Å². The van der Waals surface area contributed by atoms with Gasteiger partial charge in [0.1, 0.15) is 23.7 Å². The van der Waals surface area contributed by atoms with E-state index < -0.39 is 24.3 Å². The summed E-state index contributed by atoms with van der Waals surface area (Å²) in [6, 6.07) is 18.0. The van der Waals surface area contributed by atoms with Crippen LogP contribution < -0.4 is 10.6 Å². The van der Waals surface area contributed by atoms with E-state index in [2.05, 4.69) is 75.2 Å². The second kappa shape index (κ2) is 18.4. The van der Waals surface area contributed by atoms with Gasteiger partial charge in [-0.05, 0) is 133 Å². The van der Waals surface area contributed by atoms with Crippen LogP contribution in [0.5, 0.6) is 0 Å². The van der Waals surface area contributed by atoms with Gasteiger partial charge in [-0.25, -0.2) is 19.6 Å². The number of amides is 4. The van der Waals surface area contributed by atoms with E-state index in [0.29, 0.717) is 24.9 Å². The highest BCUT2D eigenvalue weighted by atomic mass is 16.5. The normalized spacial score (nSPS) is 21.4. The summed E-state index contributed by atoms with van der Waals surface area (Å²) in [5, 5.41) is 5.50. The number of alkyl carbamates (subject to hydrolysis) is 2. The van der Waals surface area contributed by atoms with Gasteiger partial charge in [-0.15, -0.1) is 0 Å². The molecule has 2 saturated heterocycles. The van der Waals surface area contributed by atoms with Crippen molar-refractivity contribution in [3.63, 3.8) is 0 Å². The minimum absolute atomic E-state index is 0.106. The molecule has 342 valence electrons. The molecule has 4 N–H and O–H groups in total. The highest BCUT2D eigenvalue weighted by Crippen LogP contribution is 2.56. The van der Waals surface area contributed by atoms with Gasteiger partial charge in [0.15, 0.2) is 0 Å². The number of rotatable bonds is 11. The molecule has 5 aromatic rings. The summed E-state index contributed by atoms with van der Waals surface area (Å²) in [4.78, 5) is 72.8. The molecule has 65 heavy (non-hydrogen) atoms. The van der Waals surface area contributed by atoms with Gasteiger partial charge in [0, 0.05) is 13.1 Å². The van der Waals surface area contributed by atoms with E-state index >= 15 is 0 Å². The van der Waals surface area contributed by atoms with Crippen molar-refractivity contribution in [1.82, 2.24) is 40.4 Å². The lowest BCUT2D eigenvalue weighted by Gasteiger charge is -2.37. The second-order valence-corrected chi connectivity index (χ2v) is 19.1. The Kier molecular flexibility index (Phi) is 12.4. The van der Waals surface area contributed by atoms with Gasteiger partial charge in [-0.3, -0.25) is 9.59 Å². The Bertz CT molecular complexity index is 2580. The molecular weight excluding hydrogens is 821 g/mol. The minimum atomic E-state index is -0.692. The van der Waals surface area contributed by atoms with E-state index in [0.717, 1.165) is 84.4 Å². The first-order valence-corrected chi connectivity index (χ1v) is 23.6. The lowest BCUT2D eigenvalue weighted by molar-refractivity contribution is -0.139. The predicted octanol–water partition coefficient (Wildman–Crippen LogP) is 9.21. The fourth-order valence-electron chi connectivity index (χ4n) is 10.8. The summed E-state index contributed by atoms with van der Waals surface area (Å²) in [5.41, 5.74) is 11.5. The molecule has 2 aliphatic carbocycles. The first-order chi connectivity index (χ1) is 31.4. The van der Waals surface area contributed by atoms with Crippen molar-refractivity contribution in [1.29, 1.82) is 0 Å². The molecule has 3 fully saturated rings. The van der Waals surface area contributed by atoms with Crippen LogP contribution in [0.3, 0.4) is 0 Å². The maximum atomic E-state index is 13.9. The quantitative estimate of drug-likeness (QED) is 0.102. The number of methoxy groups -OCH3 is 2. The monoisotopic (exact) mass is 882 g/mol. The van der Waals surface area contributed by atoms with Gasteiger partial charge in [0.2, 0.25) is 11.8 Å². The number of nitrogens with zero attached hydrogens (tertiary/aromatic N) is 4. The van der Waals surface area contributed by atoms with E-state index in [1.165, 1.54) is 54.9 Å². The van der Waals surface area contributed by atoms with Crippen LogP contribution in [-0.2, 0) is 25.5 Å². The first kappa shape index (κ1) is 44.0. The SMILES string of the molecule is COC(=O)NC(C(=O)N1CCCCC1c1ncc(-c2ccc(-c3ccc(-c4ccc5nc(C6CCCCN6C(=O)C(NC(=O)OC)C(C)C)[nH]c5c4)c4c3C3CCC3C4)cc2)[nH]1)C(C)C. The van der Waals surface area contributed by atoms with Crippen LogP contribution in [-0.4, -0.2) is 93.1 Å². The molecule has 3 aromatic carbocycles. The van der Waals surface area contributed by atoms with E-state index in [1.807, 2.05) is 43.7 Å². The number of hydrogen-bond donors (Lipinski definition) is 4. The largest absolute Gasteiger partial charge is 0.453 e. The number of fused-ring (bicyclic) bond motifs is 4. The van der Waals surface area contributed by atoms with Crippen molar-refractivity contribution >= 4 is 35.0 Å². The Balaban J connectivity index is 0.956. The minimum Gasteiger partial charge on any atom is -0.453 e. The number of imidazole rings is 2. The van der Waals surface area contributed by atoms with Gasteiger partial charge in [0.25, 0.3) is 0 Å². The Morgan fingerprint density at radius 3 is 1.85 bits per heavy atom. The number of nitrogens with one attached hydrogen (secondary N) is 4. The molecule has 0 spiro atoms. The van der Waals surface area contributed by atoms with Gasteiger partial charge in [0.05, 0.1) is 49.2 Å². The van der Waals surface area contributed by atoms with Gasteiger partial charge in [-0.2, -0.15) is 0 Å². The molecule has 2 aliphatic heterocycles. The second-order valence-electron chi connectivity index (χ2n) is 19.1. The highest BCUT2D eigenvalue weighted by Gasteiger charge is 2.42. The number of likely N-dealkylation sites (tertiary alicyclic amines) is 2. The molecule has 4 amide bonds. The highest BCUT2D eigenvalue weighted by molar-refractivity contribution is 5.88. The number of carbonyl (C=O) groups is 4. The summed E-state index contributed by atoms with van der Waals surface area (Å²) in [6.45, 7) is 8.91. The molecule has 9 rings (SSSR count). The molecule has 2 aromatic heterocycles. The summed E-state index contributed by atoms with van der Waals surface area (Å²) in [6.07, 6.45) is 9.51. The average Bonchev–Trinajstić information content (AvgIpc) is 4.05. The third-order valence-electron chi connectivity index (χ3n) is 14.5. The lowest BCUT2D eigenvalue weighted by atomic mass is 9.73. The smallest absolute Gasteiger partial charge is 0.407 e. The van der Waals surface area contributed by atoms with E-state index in [9.17, 15) is 19.2 Å². The summed E-state index contributed by atoms with van der Waals surface area (Å²) < 4.78 is 9.66. The average molecular weight is 883 g/mol. The van der Waals surface area contributed by atoms with Crippen LogP contribution in [0.1, 0.15) is 120 Å². The van der Waals surface area contributed by atoms with Crippen molar-refractivity contribution in [2.45, 2.75) is 116 Å². The van der Waals surface area contributed by atoms with E-state index in [4.69, 9.17) is 19.4 Å². The number of carbonyl (C=O) groups excluding carboxylic acids is 4. The zero-order valence-electron chi connectivity index (χ0n) is 38.4. The molecule has 1 saturated carbocycles. The van der Waals surface area contributed by atoms with Crippen LogP contribution in [0, 0.1) is 17.8 Å². The number of H-pyrrole nitrogens is 2. The standard InChI is InChI=1S/C51H62N8O6/c1-28(2)44(56-50(62)64-5)48(60)58-23-9-7-11-41(58)46-52-27-40(55-46)31-15-13-30(14-16-31)35-21-20-34(37-25-32-17-19-36(32)43(35)37)33-18-22-38-39(26-33)54-47(53-38)42-12-8-10-24-59(42)49(61)45(29(3)4)57-51(63)65-6/h13-16,18,20-22,26-29,32,36,41-42,44-45H,7-12,17,19,23-25H2,1-6H3,(H,52,55)(H,53,54)(H,56,62)(H,57,63). The Labute approximate surface area is 380 Å². The fourth-order valence-corrected chi connectivity index (χ4v) is 10.8. The third kappa shape index (κ3) is 8.47. The third-order valence-corrected chi connectivity index (χ3v) is 14.5. The topological polar surface area (TPSA) is 175 Å². The molecular formula is C51H62N8O6. The number of ether oxygens (including phenoxy) is 2. The Morgan fingerprint density at radius 1 is 0.677 bits per heavy atom. The number of piperidine rings is 2. The van der Waals surface area contributed by atoms with Gasteiger partial charge < -0.3 is 39.9 Å². The molecule has 6 atom stereocenters. The molecule has 14 nitrogen and oxygen atoms in total. The Morgan fingerprint density at radius 2 is 1.26 bits per heavy atom. The Hall–Kier alpha value is -6.18. The van der Waals surface area contributed by atoms with Crippen LogP contribution >= 0.6 is 0 Å². The summed E-state index contributed by atoms with van der Waals surface area (Å²) in [5.74, 6) is 2.29. The molecule has 4 aliphatic rings. The van der Waals surface area contributed by atoms with Crippen LogP contribution in [0.25, 0.3) is 44.5 Å². The van der Waals surface area contributed by atoms with Crippen molar-refractivity contribution in [3.8, 4) is 33.5 Å². The zero-order valence-corrected chi connectivity index (χ0v) is 38.4. The maximum Gasteiger partial charge on any atom is 0.407 e. The molecule has 6 unspecified atom stereocenters. The maximum absolute atomic E-state index is 13.9. The van der Waals surface area contributed by atoms with E-state index in [1.54, 1.807) is 0 Å². The fraction of sp³-hybridized carbons (Fsp3) is 0.490. The first-order valence-electron chi connectivity index (χ1n) is 23.6. The lowest BCUT2D eigenvalue weighted by Crippen LogP contribution is -2.53. The summed E-state index contributed by atoms with van der Waals surface area (Å²) >= 11 is 0. The number of aromatic amines is 2. The van der Waals surface area contributed by atoms with Crippen molar-refractivity contribution in [2.24, 2.45) is 17.8 Å². The van der Waals surface area contributed by atoms with Gasteiger partial charge in [-0.1, -0.05) is 70.2 Å². The molecule has 14 heteroatoms. The zero-order chi connectivity index (χ0) is 45.5. The van der Waals surface area contributed by atoms with Crippen LogP contribution in [0.2, 0.25) is 0 Å².